The largest absolute Gasteiger partial charge is 0.481 e. The summed E-state index contributed by atoms with van der Waals surface area (Å²) in [5.41, 5.74) is 2.35. The van der Waals surface area contributed by atoms with Gasteiger partial charge >= 0.3 is 5.97 Å². The van der Waals surface area contributed by atoms with Gasteiger partial charge in [0.2, 0.25) is 0 Å². The van der Waals surface area contributed by atoms with E-state index in [2.05, 4.69) is 36.1 Å². The summed E-state index contributed by atoms with van der Waals surface area (Å²) in [5, 5.41) is 9.61. The van der Waals surface area contributed by atoms with Crippen molar-refractivity contribution in [3.8, 4) is 0 Å². The first kappa shape index (κ1) is 14.6. The first-order chi connectivity index (χ1) is 10.1. The van der Waals surface area contributed by atoms with Gasteiger partial charge in [-0.2, -0.15) is 0 Å². The van der Waals surface area contributed by atoms with Crippen molar-refractivity contribution in [3.63, 3.8) is 0 Å². The van der Waals surface area contributed by atoms with Crippen LogP contribution in [0.25, 0.3) is 0 Å². The molecule has 1 aromatic carbocycles. The summed E-state index contributed by atoms with van der Waals surface area (Å²) >= 11 is 0. The van der Waals surface area contributed by atoms with Gasteiger partial charge in [0.15, 0.2) is 0 Å². The lowest BCUT2D eigenvalue weighted by atomic mass is 9.81. The van der Waals surface area contributed by atoms with Crippen LogP contribution in [-0.4, -0.2) is 35.6 Å². The summed E-state index contributed by atoms with van der Waals surface area (Å²) in [6.07, 6.45) is 5.27. The molecule has 3 rings (SSSR count). The van der Waals surface area contributed by atoms with Crippen LogP contribution in [0.15, 0.2) is 24.3 Å². The third-order valence-corrected chi connectivity index (χ3v) is 5.55. The van der Waals surface area contributed by atoms with Gasteiger partial charge in [0, 0.05) is 13.1 Å². The monoisotopic (exact) mass is 287 g/mol. The lowest BCUT2D eigenvalue weighted by molar-refractivity contribution is -0.149. The molecule has 0 spiro atoms. The third kappa shape index (κ3) is 2.71. The summed E-state index contributed by atoms with van der Waals surface area (Å²) in [4.78, 5) is 14.0. The number of carboxylic acid groups (broad SMARTS) is 1. The molecule has 114 valence electrons. The number of aryl methyl sites for hydroxylation is 2. The first-order valence-corrected chi connectivity index (χ1v) is 8.12. The number of hydrogen-bond donors (Lipinski definition) is 1. The predicted octanol–water partition coefficient (Wildman–Crippen LogP) is 3.11. The van der Waals surface area contributed by atoms with Gasteiger partial charge < -0.3 is 10.0 Å². The van der Waals surface area contributed by atoms with Crippen LogP contribution in [0.3, 0.4) is 0 Å². The van der Waals surface area contributed by atoms with Crippen molar-refractivity contribution < 1.29 is 9.90 Å². The quantitative estimate of drug-likeness (QED) is 0.904. The Morgan fingerprint density at radius 2 is 2.24 bits per heavy atom. The van der Waals surface area contributed by atoms with Gasteiger partial charge in [-0.05, 0) is 56.2 Å². The fourth-order valence-corrected chi connectivity index (χ4v) is 4.30. The van der Waals surface area contributed by atoms with Crippen LogP contribution in [0.2, 0.25) is 0 Å². The number of nitrogens with zero attached hydrogens (tertiary/aromatic N) is 1. The van der Waals surface area contributed by atoms with Gasteiger partial charge in [-0.1, -0.05) is 30.7 Å². The molecule has 1 N–H and O–H groups in total. The molecule has 21 heavy (non-hydrogen) atoms. The second-order valence-corrected chi connectivity index (χ2v) is 6.82. The second kappa shape index (κ2) is 5.80. The topological polar surface area (TPSA) is 40.5 Å². The molecule has 2 aliphatic rings. The minimum absolute atomic E-state index is 0.383. The number of aliphatic carboxylic acids is 1. The van der Waals surface area contributed by atoms with E-state index in [1.54, 1.807) is 0 Å². The van der Waals surface area contributed by atoms with E-state index >= 15 is 0 Å². The number of rotatable bonds is 5. The zero-order chi connectivity index (χ0) is 14.9. The summed E-state index contributed by atoms with van der Waals surface area (Å²) in [6.45, 7) is 4.94. The molecule has 1 aliphatic carbocycles. The highest BCUT2D eigenvalue weighted by atomic mass is 16.4. The molecule has 1 aromatic rings. The molecule has 0 aromatic heterocycles. The Morgan fingerprint density at radius 3 is 2.95 bits per heavy atom. The van der Waals surface area contributed by atoms with Crippen LogP contribution in [0.5, 0.6) is 0 Å². The van der Waals surface area contributed by atoms with Crippen molar-refractivity contribution in [2.45, 2.75) is 39.0 Å². The summed E-state index contributed by atoms with van der Waals surface area (Å²) in [7, 11) is 0. The highest BCUT2D eigenvalue weighted by Gasteiger charge is 2.54. The smallest absolute Gasteiger partial charge is 0.311 e. The Labute approximate surface area is 127 Å². The maximum Gasteiger partial charge on any atom is 0.311 e. The van der Waals surface area contributed by atoms with Crippen molar-refractivity contribution in [2.75, 3.05) is 19.6 Å². The van der Waals surface area contributed by atoms with Gasteiger partial charge in [0.05, 0.1) is 5.41 Å². The maximum atomic E-state index is 11.7. The van der Waals surface area contributed by atoms with E-state index in [0.29, 0.717) is 5.92 Å². The highest BCUT2D eigenvalue weighted by Crippen LogP contribution is 2.48. The Morgan fingerprint density at radius 1 is 1.43 bits per heavy atom. The summed E-state index contributed by atoms with van der Waals surface area (Å²) < 4.78 is 0. The Kier molecular flexibility index (Phi) is 4.03. The fraction of sp³-hybridized carbons (Fsp3) is 0.611. The highest BCUT2D eigenvalue weighted by molar-refractivity contribution is 5.76. The fourth-order valence-electron chi connectivity index (χ4n) is 4.30. The number of benzene rings is 1. The van der Waals surface area contributed by atoms with Crippen molar-refractivity contribution in [3.05, 3.63) is 35.4 Å². The standard InChI is InChI=1S/C18H25NO2/c1-14-6-2-3-7-15(14)8-5-11-19-12-16-9-4-10-18(16,13-19)17(20)21/h2-3,6-7,16H,4-5,8-13H2,1H3,(H,20,21)/t16-,18+/m0/s1. The van der Waals surface area contributed by atoms with Gasteiger partial charge in [-0.15, -0.1) is 0 Å². The molecule has 3 heteroatoms. The van der Waals surface area contributed by atoms with E-state index in [-0.39, 0.29) is 0 Å². The molecule has 1 saturated carbocycles. The molecule has 2 atom stereocenters. The lowest BCUT2D eigenvalue weighted by Gasteiger charge is -2.23. The molecule has 2 fully saturated rings. The minimum Gasteiger partial charge on any atom is -0.481 e. The molecule has 0 radical (unpaired) electrons. The zero-order valence-corrected chi connectivity index (χ0v) is 12.8. The number of carbonyl (C=O) groups is 1. The van der Waals surface area contributed by atoms with E-state index in [1.807, 2.05) is 0 Å². The zero-order valence-electron chi connectivity index (χ0n) is 12.8. The van der Waals surface area contributed by atoms with Gasteiger partial charge in [-0.3, -0.25) is 4.79 Å². The summed E-state index contributed by atoms with van der Waals surface area (Å²) in [5.74, 6) is -0.181. The van der Waals surface area contributed by atoms with Crippen molar-refractivity contribution in [2.24, 2.45) is 11.3 Å². The Hall–Kier alpha value is -1.35. The molecule has 3 nitrogen and oxygen atoms in total. The van der Waals surface area contributed by atoms with Gasteiger partial charge in [-0.25, -0.2) is 0 Å². The number of carboxylic acids is 1. The predicted molar refractivity (Wildman–Crippen MR) is 83.3 cm³/mol. The number of likely N-dealkylation sites (tertiary alicyclic amines) is 1. The second-order valence-electron chi connectivity index (χ2n) is 6.82. The normalized spacial score (nSPS) is 28.7. The molecule has 0 unspecified atom stereocenters. The van der Waals surface area contributed by atoms with Crippen LogP contribution in [0.4, 0.5) is 0 Å². The maximum absolute atomic E-state index is 11.7. The number of fused-ring (bicyclic) bond motifs is 1. The average molecular weight is 287 g/mol. The third-order valence-electron chi connectivity index (χ3n) is 5.55. The SMILES string of the molecule is Cc1ccccc1CCCN1C[C@@H]2CCC[C@@]2(C(=O)O)C1. The minimum atomic E-state index is -0.564. The molecule has 1 heterocycles. The Bertz CT molecular complexity index is 528. The van der Waals surface area contributed by atoms with E-state index in [9.17, 15) is 9.90 Å². The van der Waals surface area contributed by atoms with Crippen molar-refractivity contribution >= 4 is 5.97 Å². The molecule has 1 saturated heterocycles. The van der Waals surface area contributed by atoms with Crippen molar-refractivity contribution in [1.29, 1.82) is 0 Å². The number of hydrogen-bond acceptors (Lipinski definition) is 2. The molecular weight excluding hydrogens is 262 g/mol. The van der Waals surface area contributed by atoms with Gasteiger partial charge in [0.25, 0.3) is 0 Å². The molecule has 1 aliphatic heterocycles. The molecule has 0 bridgehead atoms. The van der Waals surface area contributed by atoms with E-state index in [0.717, 1.165) is 51.7 Å². The van der Waals surface area contributed by atoms with E-state index in [4.69, 9.17) is 0 Å². The van der Waals surface area contributed by atoms with Crippen LogP contribution in [-0.2, 0) is 11.2 Å². The van der Waals surface area contributed by atoms with Crippen molar-refractivity contribution in [1.82, 2.24) is 4.90 Å². The van der Waals surface area contributed by atoms with Gasteiger partial charge in [0.1, 0.15) is 0 Å². The van der Waals surface area contributed by atoms with Crippen LogP contribution in [0, 0.1) is 18.3 Å². The van der Waals surface area contributed by atoms with Crippen LogP contribution >= 0.6 is 0 Å². The molecular formula is C18H25NO2. The Balaban J connectivity index is 1.54. The van der Waals surface area contributed by atoms with Crippen LogP contribution in [0.1, 0.15) is 36.8 Å². The summed E-state index contributed by atoms with van der Waals surface area (Å²) in [6, 6.07) is 8.54. The lowest BCUT2D eigenvalue weighted by Crippen LogP contribution is -2.35. The average Bonchev–Trinajstić information content (AvgIpc) is 2.98. The van der Waals surface area contributed by atoms with E-state index in [1.165, 1.54) is 11.1 Å². The molecule has 0 amide bonds. The van der Waals surface area contributed by atoms with E-state index < -0.39 is 11.4 Å². The van der Waals surface area contributed by atoms with Crippen LogP contribution < -0.4 is 0 Å². The first-order valence-electron chi connectivity index (χ1n) is 8.12.